The van der Waals surface area contributed by atoms with Gasteiger partial charge in [-0.3, -0.25) is 0 Å². The van der Waals surface area contributed by atoms with Crippen molar-refractivity contribution in [2.75, 3.05) is 0 Å². The van der Waals surface area contributed by atoms with Gasteiger partial charge in [-0.25, -0.2) is 4.98 Å². The van der Waals surface area contributed by atoms with Crippen LogP contribution in [-0.2, 0) is 11.8 Å². The fourth-order valence-electron chi connectivity index (χ4n) is 1.50. The molecule has 0 aromatic carbocycles. The van der Waals surface area contributed by atoms with Crippen molar-refractivity contribution in [1.82, 2.24) is 9.55 Å². The first-order chi connectivity index (χ1) is 11.2. The van der Waals surface area contributed by atoms with Gasteiger partial charge in [0.1, 0.15) is 5.78 Å². The van der Waals surface area contributed by atoms with E-state index in [1.54, 1.807) is 12.5 Å². The van der Waals surface area contributed by atoms with E-state index in [0.29, 0.717) is 0 Å². The maximum atomic E-state index is 9.44. The number of ketones is 1. The quantitative estimate of drug-likeness (QED) is 0.578. The molecule has 0 spiro atoms. The highest BCUT2D eigenvalue weighted by Gasteiger charge is 1.95. The average molecular weight is 339 g/mol. The van der Waals surface area contributed by atoms with Crippen LogP contribution in [0.5, 0.6) is 0 Å². The van der Waals surface area contributed by atoms with Crippen molar-refractivity contribution < 1.29 is 4.79 Å². The number of aryl methyl sites for hydroxylation is 1. The molecule has 1 aromatic rings. The minimum absolute atomic E-state index is 0.167. The lowest BCUT2D eigenvalue weighted by atomic mass is 10.0. The number of carbonyl (C=O) groups is 1. The highest BCUT2D eigenvalue weighted by Crippen LogP contribution is 2.10. The van der Waals surface area contributed by atoms with Crippen LogP contribution in [0.2, 0.25) is 0 Å². The molecule has 0 amide bonds. The highest BCUT2D eigenvalue weighted by atomic mass is 16.1. The van der Waals surface area contributed by atoms with E-state index in [4.69, 9.17) is 0 Å². The molecule has 0 N–H and O–H groups in total. The van der Waals surface area contributed by atoms with Crippen LogP contribution >= 0.6 is 0 Å². The number of hydrogen-bond acceptors (Lipinski definition) is 2. The smallest absolute Gasteiger partial charge is 0.126 e. The van der Waals surface area contributed by atoms with Crippen molar-refractivity contribution in [3.63, 3.8) is 0 Å². The van der Waals surface area contributed by atoms with E-state index >= 15 is 0 Å². The molecule has 142 valence electrons. The van der Waals surface area contributed by atoms with E-state index in [1.165, 1.54) is 33.1 Å². The molecule has 0 bridgehead atoms. The molecule has 1 heterocycles. The Balaban J connectivity index is -0.000000258. The maximum absolute atomic E-state index is 9.44. The normalized spacial score (nSPS) is 9.62. The summed E-state index contributed by atoms with van der Waals surface area (Å²) in [5, 5.41) is 0. The number of rotatable bonds is 5. The van der Waals surface area contributed by atoms with Crippen molar-refractivity contribution in [3.8, 4) is 0 Å². The minimum atomic E-state index is 0.167. The largest absolute Gasteiger partial charge is 0.341 e. The van der Waals surface area contributed by atoms with Crippen LogP contribution in [0.1, 0.15) is 81.1 Å². The lowest BCUT2D eigenvalue weighted by Gasteiger charge is -2.05. The Morgan fingerprint density at radius 1 is 1.12 bits per heavy atom. The van der Waals surface area contributed by atoms with Crippen LogP contribution in [0, 0.1) is 11.8 Å². The summed E-state index contributed by atoms with van der Waals surface area (Å²) >= 11 is 0. The van der Waals surface area contributed by atoms with Crippen molar-refractivity contribution in [2.24, 2.45) is 18.9 Å². The third-order valence-corrected chi connectivity index (χ3v) is 2.67. The zero-order chi connectivity index (χ0) is 19.4. The second kappa shape index (κ2) is 21.6. The first-order valence-corrected chi connectivity index (χ1v) is 9.17. The predicted molar refractivity (Wildman–Crippen MR) is 108 cm³/mol. The SMILES string of the molecule is C/C=C/CC.CC(C)=O.CC(C)CCCC(C)C.Cn1ccnc1. The molecule has 0 radical (unpaired) electrons. The zero-order valence-electron chi connectivity index (χ0n) is 17.7. The molecule has 0 atom stereocenters. The third-order valence-electron chi connectivity index (χ3n) is 2.67. The van der Waals surface area contributed by atoms with Crippen LogP contribution in [0.25, 0.3) is 0 Å². The van der Waals surface area contributed by atoms with Crippen molar-refractivity contribution in [1.29, 1.82) is 0 Å². The number of carbonyl (C=O) groups excluding carboxylic acids is 1. The van der Waals surface area contributed by atoms with E-state index in [9.17, 15) is 4.79 Å². The summed E-state index contributed by atoms with van der Waals surface area (Å²) in [5.41, 5.74) is 0. The van der Waals surface area contributed by atoms with Gasteiger partial charge < -0.3 is 9.36 Å². The lowest BCUT2D eigenvalue weighted by molar-refractivity contribution is -0.114. The van der Waals surface area contributed by atoms with Gasteiger partial charge >= 0.3 is 0 Å². The Morgan fingerprint density at radius 2 is 1.58 bits per heavy atom. The van der Waals surface area contributed by atoms with Gasteiger partial charge in [-0.15, -0.1) is 0 Å². The molecule has 0 unspecified atom stereocenters. The summed E-state index contributed by atoms with van der Waals surface area (Å²) in [7, 11) is 1.94. The van der Waals surface area contributed by atoms with E-state index in [-0.39, 0.29) is 5.78 Å². The molecule has 1 rings (SSSR count). The average Bonchev–Trinajstić information content (AvgIpc) is 2.91. The van der Waals surface area contributed by atoms with Gasteiger partial charge in [-0.2, -0.15) is 0 Å². The number of hydrogen-bond donors (Lipinski definition) is 0. The molecular formula is C21H42N2O. The summed E-state index contributed by atoms with van der Waals surface area (Å²) in [6.07, 6.45) is 14.9. The van der Waals surface area contributed by atoms with Crippen molar-refractivity contribution in [2.45, 2.75) is 81.1 Å². The van der Waals surface area contributed by atoms with Crippen LogP contribution in [-0.4, -0.2) is 15.3 Å². The molecule has 3 nitrogen and oxygen atoms in total. The van der Waals surface area contributed by atoms with Gasteiger partial charge in [-0.05, 0) is 39.0 Å². The molecule has 0 saturated heterocycles. The van der Waals surface area contributed by atoms with Crippen molar-refractivity contribution >= 4 is 5.78 Å². The van der Waals surface area contributed by atoms with Gasteiger partial charge in [0, 0.05) is 19.4 Å². The molecule has 0 saturated carbocycles. The van der Waals surface area contributed by atoms with E-state index in [1.807, 2.05) is 24.7 Å². The summed E-state index contributed by atoms with van der Waals surface area (Å²) in [6, 6.07) is 0. The molecule has 1 aromatic heterocycles. The fourth-order valence-corrected chi connectivity index (χ4v) is 1.50. The van der Waals surface area contributed by atoms with E-state index < -0.39 is 0 Å². The Bertz CT molecular complexity index is 353. The Kier molecular flexibility index (Phi) is 24.7. The first kappa shape index (κ1) is 27.5. The summed E-state index contributed by atoms with van der Waals surface area (Å²) < 4.78 is 1.89. The van der Waals surface area contributed by atoms with Gasteiger partial charge in [0.2, 0.25) is 0 Å². The second-order valence-electron chi connectivity index (χ2n) is 6.83. The third kappa shape index (κ3) is 42.8. The molecule has 0 aliphatic carbocycles. The van der Waals surface area contributed by atoms with Gasteiger partial charge in [0.25, 0.3) is 0 Å². The summed E-state index contributed by atoms with van der Waals surface area (Å²) in [4.78, 5) is 13.2. The monoisotopic (exact) mass is 338 g/mol. The van der Waals surface area contributed by atoms with Crippen molar-refractivity contribution in [3.05, 3.63) is 30.9 Å². The van der Waals surface area contributed by atoms with Crippen LogP contribution in [0.3, 0.4) is 0 Å². The first-order valence-electron chi connectivity index (χ1n) is 9.17. The second-order valence-corrected chi connectivity index (χ2v) is 6.83. The Labute approximate surface area is 151 Å². The summed E-state index contributed by atoms with van der Waals surface area (Å²) in [5.74, 6) is 1.95. The highest BCUT2D eigenvalue weighted by molar-refractivity contribution is 5.72. The number of Topliss-reactive ketones (excluding diaryl/α,β-unsaturated/α-hetero) is 1. The maximum Gasteiger partial charge on any atom is 0.126 e. The zero-order valence-corrected chi connectivity index (χ0v) is 17.7. The number of aromatic nitrogens is 2. The lowest BCUT2D eigenvalue weighted by Crippen LogP contribution is -1.90. The molecule has 3 heteroatoms. The molecule has 24 heavy (non-hydrogen) atoms. The van der Waals surface area contributed by atoms with E-state index in [2.05, 4.69) is 51.8 Å². The van der Waals surface area contributed by atoms with Crippen LogP contribution < -0.4 is 0 Å². The standard InChI is InChI=1S/C9H20.C5H10.C4H6N2.C3H6O/c1-8(2)6-5-7-9(3)4;1-3-5-4-2;1-6-3-2-5-4-6;1-3(2)4/h8-9H,5-7H2,1-4H3;3,5H,4H2,1-2H3;2-4H,1H3;1-2H3/b;5-3+;;. The Hall–Kier alpha value is -1.38. The van der Waals surface area contributed by atoms with Crippen LogP contribution in [0.4, 0.5) is 0 Å². The van der Waals surface area contributed by atoms with Crippen LogP contribution in [0.15, 0.2) is 30.9 Å². The topological polar surface area (TPSA) is 34.9 Å². The molecule has 0 aliphatic heterocycles. The van der Waals surface area contributed by atoms with Gasteiger partial charge in [-0.1, -0.05) is 66.0 Å². The van der Waals surface area contributed by atoms with Gasteiger partial charge in [0.05, 0.1) is 6.33 Å². The number of imidazole rings is 1. The Morgan fingerprint density at radius 3 is 1.71 bits per heavy atom. The number of allylic oxidation sites excluding steroid dienone is 2. The molecule has 0 fully saturated rings. The number of nitrogens with zero attached hydrogens (tertiary/aromatic N) is 2. The molecule has 0 aliphatic rings. The predicted octanol–water partition coefficient (Wildman–Crippen LogP) is 6.46. The summed E-state index contributed by atoms with van der Waals surface area (Å²) in [6.45, 7) is 16.4. The minimum Gasteiger partial charge on any atom is -0.341 e. The van der Waals surface area contributed by atoms with Gasteiger partial charge in [0.15, 0.2) is 0 Å². The van der Waals surface area contributed by atoms with E-state index in [0.717, 1.165) is 18.3 Å². The fraction of sp³-hybridized carbons (Fsp3) is 0.714. The molecular weight excluding hydrogens is 296 g/mol.